The zero-order valence-electron chi connectivity index (χ0n) is 11.7. The SMILES string of the molecule is CCc1c2cc3cc(F)ccc3c(F)c2nc(C)[n+]1C. The molecule has 102 valence electrons. The molecule has 0 amide bonds. The van der Waals surface area contributed by atoms with E-state index in [1.165, 1.54) is 18.2 Å². The van der Waals surface area contributed by atoms with Crippen LogP contribution in [0.2, 0.25) is 0 Å². The highest BCUT2D eigenvalue weighted by atomic mass is 19.1. The molecular weight excluding hydrogens is 258 g/mol. The van der Waals surface area contributed by atoms with Crippen LogP contribution in [-0.4, -0.2) is 4.98 Å². The lowest BCUT2D eigenvalue weighted by atomic mass is 10.0. The van der Waals surface area contributed by atoms with Gasteiger partial charge in [-0.1, -0.05) is 6.92 Å². The summed E-state index contributed by atoms with van der Waals surface area (Å²) in [6, 6.07) is 5.92. The molecule has 0 saturated carbocycles. The molecule has 0 spiro atoms. The average molecular weight is 273 g/mol. The molecule has 2 aromatic carbocycles. The van der Waals surface area contributed by atoms with Crippen molar-refractivity contribution in [1.29, 1.82) is 0 Å². The highest BCUT2D eigenvalue weighted by Crippen LogP contribution is 2.27. The summed E-state index contributed by atoms with van der Waals surface area (Å²) in [5.74, 6) is 0.0179. The van der Waals surface area contributed by atoms with E-state index < -0.39 is 0 Å². The Morgan fingerprint density at radius 2 is 1.90 bits per heavy atom. The molecule has 1 aromatic heterocycles. The molecule has 3 rings (SSSR count). The number of nitrogens with zero attached hydrogens (tertiary/aromatic N) is 2. The standard InChI is InChI=1S/C16H15F2N2/c1-4-14-13-8-10-7-11(17)5-6-12(10)15(18)16(13)19-9(2)20(14)3/h5-8H,4H2,1-3H3/q+1. The van der Waals surface area contributed by atoms with Crippen molar-refractivity contribution in [2.45, 2.75) is 20.3 Å². The van der Waals surface area contributed by atoms with Crippen molar-refractivity contribution in [1.82, 2.24) is 4.98 Å². The first kappa shape index (κ1) is 12.9. The number of benzene rings is 2. The van der Waals surface area contributed by atoms with Gasteiger partial charge in [0.2, 0.25) is 5.52 Å². The van der Waals surface area contributed by atoms with Gasteiger partial charge < -0.3 is 0 Å². The van der Waals surface area contributed by atoms with Crippen molar-refractivity contribution < 1.29 is 13.3 Å². The van der Waals surface area contributed by atoms with Crippen molar-refractivity contribution in [2.75, 3.05) is 0 Å². The minimum atomic E-state index is -0.379. The normalized spacial score (nSPS) is 11.4. The van der Waals surface area contributed by atoms with Crippen LogP contribution in [0.25, 0.3) is 21.7 Å². The molecule has 1 heterocycles. The monoisotopic (exact) mass is 273 g/mol. The van der Waals surface area contributed by atoms with E-state index in [9.17, 15) is 8.78 Å². The molecule has 0 bridgehead atoms. The van der Waals surface area contributed by atoms with Crippen LogP contribution in [0.1, 0.15) is 18.4 Å². The van der Waals surface area contributed by atoms with Crippen molar-refractivity contribution in [2.24, 2.45) is 7.05 Å². The maximum absolute atomic E-state index is 14.6. The van der Waals surface area contributed by atoms with E-state index in [0.717, 1.165) is 23.3 Å². The van der Waals surface area contributed by atoms with Gasteiger partial charge in [0.05, 0.1) is 12.4 Å². The smallest absolute Gasteiger partial charge is 0.234 e. The molecule has 20 heavy (non-hydrogen) atoms. The molecule has 0 unspecified atom stereocenters. The maximum atomic E-state index is 14.6. The van der Waals surface area contributed by atoms with Gasteiger partial charge in [0.1, 0.15) is 11.5 Å². The van der Waals surface area contributed by atoms with Gasteiger partial charge in [-0.3, -0.25) is 0 Å². The molecule has 0 fully saturated rings. The molecule has 3 aromatic rings. The Bertz CT molecular complexity index is 841. The number of hydrogen-bond acceptors (Lipinski definition) is 1. The van der Waals surface area contributed by atoms with Gasteiger partial charge in [-0.05, 0) is 34.6 Å². The van der Waals surface area contributed by atoms with E-state index in [0.29, 0.717) is 16.3 Å². The Hall–Kier alpha value is -2.10. The fraction of sp³-hybridized carbons (Fsp3) is 0.250. The fourth-order valence-electron chi connectivity index (χ4n) is 2.69. The lowest BCUT2D eigenvalue weighted by Gasteiger charge is -2.08. The van der Waals surface area contributed by atoms with Crippen molar-refractivity contribution >= 4 is 21.7 Å². The predicted octanol–water partition coefficient (Wildman–Crippen LogP) is 3.36. The van der Waals surface area contributed by atoms with Crippen LogP contribution in [0, 0.1) is 18.6 Å². The summed E-state index contributed by atoms with van der Waals surface area (Å²) in [5, 5.41) is 1.72. The zero-order chi connectivity index (χ0) is 14.4. The number of rotatable bonds is 1. The van der Waals surface area contributed by atoms with Gasteiger partial charge in [-0.15, -0.1) is 0 Å². The molecule has 0 aliphatic rings. The largest absolute Gasteiger partial charge is 0.296 e. The third kappa shape index (κ3) is 1.75. The summed E-state index contributed by atoms with van der Waals surface area (Å²) >= 11 is 0. The summed E-state index contributed by atoms with van der Waals surface area (Å²) in [6.45, 7) is 3.87. The number of hydrogen-bond donors (Lipinski definition) is 0. The van der Waals surface area contributed by atoms with E-state index in [2.05, 4.69) is 4.98 Å². The van der Waals surface area contributed by atoms with Gasteiger partial charge in [0, 0.05) is 18.7 Å². The third-order valence-electron chi connectivity index (χ3n) is 3.82. The van der Waals surface area contributed by atoms with Gasteiger partial charge in [-0.2, -0.15) is 0 Å². The van der Waals surface area contributed by atoms with Crippen LogP contribution in [0.4, 0.5) is 8.78 Å². The lowest BCUT2D eigenvalue weighted by Crippen LogP contribution is -2.38. The van der Waals surface area contributed by atoms with E-state index in [4.69, 9.17) is 0 Å². The second kappa shape index (κ2) is 4.47. The summed E-state index contributed by atoms with van der Waals surface area (Å²) < 4.78 is 29.9. The summed E-state index contributed by atoms with van der Waals surface area (Å²) in [7, 11) is 1.91. The minimum Gasteiger partial charge on any atom is -0.234 e. The molecule has 2 nitrogen and oxygen atoms in total. The molecule has 0 saturated heterocycles. The van der Waals surface area contributed by atoms with E-state index in [1.54, 1.807) is 0 Å². The van der Waals surface area contributed by atoms with Crippen LogP contribution in [0.5, 0.6) is 0 Å². The topological polar surface area (TPSA) is 16.8 Å². The number of halogens is 2. The second-order valence-corrected chi connectivity index (χ2v) is 4.97. The Labute approximate surface area is 115 Å². The molecule has 0 radical (unpaired) electrons. The average Bonchev–Trinajstić information content (AvgIpc) is 2.42. The summed E-state index contributed by atoms with van der Waals surface area (Å²) in [6.07, 6.45) is 0.761. The fourth-order valence-corrected chi connectivity index (χ4v) is 2.69. The van der Waals surface area contributed by atoms with Crippen LogP contribution >= 0.6 is 0 Å². The lowest BCUT2D eigenvalue weighted by molar-refractivity contribution is -0.686. The molecule has 0 N–H and O–H groups in total. The highest BCUT2D eigenvalue weighted by molar-refractivity contribution is 5.97. The Kier molecular flexibility index (Phi) is 2.89. The Morgan fingerprint density at radius 1 is 1.15 bits per heavy atom. The van der Waals surface area contributed by atoms with Crippen molar-refractivity contribution in [3.05, 3.63) is 47.4 Å². The highest BCUT2D eigenvalue weighted by Gasteiger charge is 2.20. The number of fused-ring (bicyclic) bond motifs is 2. The summed E-state index contributed by atoms with van der Waals surface area (Å²) in [4.78, 5) is 4.35. The van der Waals surface area contributed by atoms with Crippen molar-refractivity contribution in [3.8, 4) is 0 Å². The van der Waals surface area contributed by atoms with Crippen molar-refractivity contribution in [3.63, 3.8) is 0 Å². The molecule has 0 atom stereocenters. The Morgan fingerprint density at radius 3 is 2.60 bits per heavy atom. The van der Waals surface area contributed by atoms with E-state index in [-0.39, 0.29) is 11.6 Å². The van der Waals surface area contributed by atoms with Crippen LogP contribution in [0.3, 0.4) is 0 Å². The van der Waals surface area contributed by atoms with Gasteiger partial charge in [0.15, 0.2) is 5.82 Å². The molecular formula is C16H15F2N2+. The van der Waals surface area contributed by atoms with Gasteiger partial charge >= 0.3 is 0 Å². The van der Waals surface area contributed by atoms with Crippen LogP contribution in [-0.2, 0) is 13.5 Å². The van der Waals surface area contributed by atoms with Crippen LogP contribution < -0.4 is 4.57 Å². The van der Waals surface area contributed by atoms with Gasteiger partial charge in [-0.25, -0.2) is 13.3 Å². The molecule has 4 heteroatoms. The first-order chi connectivity index (χ1) is 9.52. The van der Waals surface area contributed by atoms with Gasteiger partial charge in [0.25, 0.3) is 5.82 Å². The molecule has 0 aliphatic heterocycles. The first-order valence-electron chi connectivity index (χ1n) is 6.60. The predicted molar refractivity (Wildman–Crippen MR) is 74.5 cm³/mol. The quantitative estimate of drug-likeness (QED) is 0.491. The molecule has 0 aliphatic carbocycles. The third-order valence-corrected chi connectivity index (χ3v) is 3.82. The minimum absolute atomic E-state index is 0.358. The van der Waals surface area contributed by atoms with E-state index in [1.807, 2.05) is 31.5 Å². The van der Waals surface area contributed by atoms with Crippen LogP contribution in [0.15, 0.2) is 24.3 Å². The maximum Gasteiger partial charge on any atom is 0.296 e. The zero-order valence-corrected chi connectivity index (χ0v) is 11.7. The van der Waals surface area contributed by atoms with E-state index >= 15 is 0 Å². The second-order valence-electron chi connectivity index (χ2n) is 4.97. The number of aryl methyl sites for hydroxylation is 2. The first-order valence-corrected chi connectivity index (χ1v) is 6.60. The Balaban J connectivity index is 2.56. The number of aromatic nitrogens is 2. The summed E-state index contributed by atoms with van der Waals surface area (Å²) in [5.41, 5.74) is 1.36.